The summed E-state index contributed by atoms with van der Waals surface area (Å²) in [5, 5.41) is 2.80. The number of urea groups is 1. The molecule has 1 atom stereocenters. The molecule has 0 saturated carbocycles. The maximum Gasteiger partial charge on any atom is 0.416 e. The Morgan fingerprint density at radius 3 is 2.48 bits per heavy atom. The molecule has 0 aromatic heterocycles. The number of likely N-dealkylation sites (tertiary alicyclic amines) is 1. The molecule has 1 aliphatic rings. The minimum atomic E-state index is -4.37. The number of carbonyl (C=O) groups excluding carboxylic acids is 1. The Morgan fingerprint density at radius 2 is 1.86 bits per heavy atom. The zero-order valence-corrected chi connectivity index (χ0v) is 16.3. The van der Waals surface area contributed by atoms with Gasteiger partial charge in [-0.25, -0.2) is 4.79 Å². The van der Waals surface area contributed by atoms with Gasteiger partial charge in [0, 0.05) is 24.7 Å². The summed E-state index contributed by atoms with van der Waals surface area (Å²) >= 11 is 0. The Hall–Kier alpha value is -2.90. The van der Waals surface area contributed by atoms with Crippen LogP contribution >= 0.6 is 0 Å². The van der Waals surface area contributed by atoms with E-state index in [9.17, 15) is 18.0 Å². The van der Waals surface area contributed by atoms with E-state index < -0.39 is 11.7 Å². The molecule has 8 heteroatoms. The summed E-state index contributed by atoms with van der Waals surface area (Å²) in [5.74, 6) is 1.32. The predicted molar refractivity (Wildman–Crippen MR) is 102 cm³/mol. The van der Waals surface area contributed by atoms with Gasteiger partial charge in [0.05, 0.1) is 25.8 Å². The number of nitrogens with zero attached hydrogens (tertiary/aromatic N) is 1. The van der Waals surface area contributed by atoms with Crippen molar-refractivity contribution in [2.45, 2.75) is 31.6 Å². The number of benzene rings is 2. The van der Waals surface area contributed by atoms with Gasteiger partial charge in [-0.05, 0) is 42.7 Å². The van der Waals surface area contributed by atoms with E-state index in [0.717, 1.165) is 30.5 Å². The minimum Gasteiger partial charge on any atom is -0.497 e. The van der Waals surface area contributed by atoms with Gasteiger partial charge in [-0.1, -0.05) is 12.1 Å². The molecule has 5 nitrogen and oxygen atoms in total. The minimum absolute atomic E-state index is 0.136. The lowest BCUT2D eigenvalue weighted by atomic mass is 10.0. The fourth-order valence-corrected chi connectivity index (χ4v) is 3.52. The molecule has 0 radical (unpaired) electrons. The van der Waals surface area contributed by atoms with Gasteiger partial charge in [0.2, 0.25) is 0 Å². The summed E-state index contributed by atoms with van der Waals surface area (Å²) in [4.78, 5) is 14.5. The van der Waals surface area contributed by atoms with E-state index >= 15 is 0 Å². The van der Waals surface area contributed by atoms with Crippen LogP contribution < -0.4 is 14.8 Å². The highest BCUT2D eigenvalue weighted by Crippen LogP contribution is 2.38. The van der Waals surface area contributed by atoms with Gasteiger partial charge in [0.25, 0.3) is 0 Å². The number of halogens is 3. The van der Waals surface area contributed by atoms with Gasteiger partial charge in [-0.2, -0.15) is 13.2 Å². The summed E-state index contributed by atoms with van der Waals surface area (Å²) in [6, 6.07) is 9.89. The van der Waals surface area contributed by atoms with E-state index in [2.05, 4.69) is 5.32 Å². The van der Waals surface area contributed by atoms with Crippen molar-refractivity contribution < 1.29 is 27.4 Å². The Kier molecular flexibility index (Phi) is 6.20. The lowest BCUT2D eigenvalue weighted by Gasteiger charge is -2.27. The van der Waals surface area contributed by atoms with Crippen molar-refractivity contribution in [1.82, 2.24) is 10.2 Å². The predicted octanol–water partition coefficient (Wildman–Crippen LogP) is 4.77. The number of ether oxygens (including phenoxy) is 2. The van der Waals surface area contributed by atoms with Crippen LogP contribution in [0.2, 0.25) is 0 Å². The summed E-state index contributed by atoms with van der Waals surface area (Å²) in [6.45, 7) is 0.749. The maximum absolute atomic E-state index is 12.7. The number of rotatable bonds is 5. The Bertz CT molecular complexity index is 853. The molecule has 3 rings (SSSR count). The number of alkyl halides is 3. The monoisotopic (exact) mass is 408 g/mol. The van der Waals surface area contributed by atoms with Crippen LogP contribution in [0.4, 0.5) is 18.0 Å². The number of hydrogen-bond acceptors (Lipinski definition) is 3. The van der Waals surface area contributed by atoms with Gasteiger partial charge in [-0.15, -0.1) is 0 Å². The third-order valence-electron chi connectivity index (χ3n) is 5.04. The molecule has 1 saturated heterocycles. The molecule has 0 bridgehead atoms. The Morgan fingerprint density at radius 1 is 1.14 bits per heavy atom. The molecule has 29 heavy (non-hydrogen) atoms. The first-order valence-corrected chi connectivity index (χ1v) is 9.26. The van der Waals surface area contributed by atoms with Crippen molar-refractivity contribution in [3.05, 3.63) is 59.2 Å². The van der Waals surface area contributed by atoms with Crippen LogP contribution in [0.1, 0.15) is 35.6 Å². The zero-order valence-electron chi connectivity index (χ0n) is 16.3. The largest absolute Gasteiger partial charge is 0.497 e. The summed E-state index contributed by atoms with van der Waals surface area (Å²) < 4.78 is 48.7. The lowest BCUT2D eigenvalue weighted by Crippen LogP contribution is -2.39. The van der Waals surface area contributed by atoms with E-state index in [-0.39, 0.29) is 18.6 Å². The summed E-state index contributed by atoms with van der Waals surface area (Å²) in [6.07, 6.45) is -2.72. The summed E-state index contributed by atoms with van der Waals surface area (Å²) in [7, 11) is 3.15. The van der Waals surface area contributed by atoms with Crippen molar-refractivity contribution >= 4 is 6.03 Å². The second-order valence-electron chi connectivity index (χ2n) is 6.81. The zero-order chi connectivity index (χ0) is 21.0. The molecule has 1 fully saturated rings. The number of amides is 2. The fraction of sp³-hybridized carbons (Fsp3) is 0.381. The molecule has 2 amide bonds. The van der Waals surface area contributed by atoms with Crippen molar-refractivity contribution in [2.75, 3.05) is 20.8 Å². The van der Waals surface area contributed by atoms with Crippen LogP contribution in [0, 0.1) is 0 Å². The molecule has 0 spiro atoms. The number of hydrogen-bond donors (Lipinski definition) is 1. The lowest BCUT2D eigenvalue weighted by molar-refractivity contribution is -0.137. The third kappa shape index (κ3) is 4.75. The van der Waals surface area contributed by atoms with Crippen molar-refractivity contribution in [3.63, 3.8) is 0 Å². The van der Waals surface area contributed by atoms with Gasteiger partial charge in [-0.3, -0.25) is 0 Å². The molecule has 0 aliphatic carbocycles. The second kappa shape index (κ2) is 8.63. The topological polar surface area (TPSA) is 50.8 Å². The van der Waals surface area contributed by atoms with Gasteiger partial charge < -0.3 is 19.7 Å². The first-order chi connectivity index (χ1) is 13.8. The van der Waals surface area contributed by atoms with E-state index in [1.54, 1.807) is 25.2 Å². The fourth-order valence-electron chi connectivity index (χ4n) is 3.52. The molecular weight excluding hydrogens is 385 g/mol. The normalized spacial score (nSPS) is 16.6. The van der Waals surface area contributed by atoms with Crippen molar-refractivity contribution in [1.29, 1.82) is 0 Å². The molecule has 1 heterocycles. The van der Waals surface area contributed by atoms with Crippen LogP contribution in [0.3, 0.4) is 0 Å². The van der Waals surface area contributed by atoms with Crippen LogP contribution in [0.25, 0.3) is 0 Å². The van der Waals surface area contributed by atoms with E-state index in [0.29, 0.717) is 23.6 Å². The highest BCUT2D eigenvalue weighted by Gasteiger charge is 2.32. The summed E-state index contributed by atoms with van der Waals surface area (Å²) in [5.41, 5.74) is 0.790. The Labute approximate surface area is 167 Å². The first-order valence-electron chi connectivity index (χ1n) is 9.26. The quantitative estimate of drug-likeness (QED) is 0.776. The maximum atomic E-state index is 12.7. The van der Waals surface area contributed by atoms with E-state index in [1.165, 1.54) is 12.1 Å². The number of nitrogens with one attached hydrogen (secondary N) is 1. The first kappa shape index (κ1) is 20.8. The van der Waals surface area contributed by atoms with Crippen molar-refractivity contribution in [3.8, 4) is 11.5 Å². The molecule has 156 valence electrons. The molecule has 2 aromatic rings. The standard InChI is InChI=1S/C21H23F3N2O3/c1-28-16-9-10-17(19(12-16)29-2)18-4-3-11-26(18)20(27)25-13-14-5-7-15(8-6-14)21(22,23)24/h5-10,12,18H,3-4,11,13H2,1-2H3,(H,25,27). The van der Waals surface area contributed by atoms with Gasteiger partial charge >= 0.3 is 12.2 Å². The number of carbonyl (C=O) groups is 1. The highest BCUT2D eigenvalue weighted by molar-refractivity contribution is 5.75. The Balaban J connectivity index is 1.67. The van der Waals surface area contributed by atoms with Crippen LogP contribution in [-0.2, 0) is 12.7 Å². The second-order valence-corrected chi connectivity index (χ2v) is 6.81. The van der Waals surface area contributed by atoms with Gasteiger partial charge in [0.1, 0.15) is 11.5 Å². The van der Waals surface area contributed by atoms with Crippen LogP contribution in [0.5, 0.6) is 11.5 Å². The molecule has 1 N–H and O–H groups in total. The molecular formula is C21H23F3N2O3. The SMILES string of the molecule is COc1ccc(C2CCCN2C(=O)NCc2ccc(C(F)(F)F)cc2)c(OC)c1. The average molecular weight is 408 g/mol. The smallest absolute Gasteiger partial charge is 0.416 e. The third-order valence-corrected chi connectivity index (χ3v) is 5.04. The highest BCUT2D eigenvalue weighted by atomic mass is 19.4. The number of methoxy groups -OCH3 is 2. The molecule has 1 aliphatic heterocycles. The average Bonchev–Trinajstić information content (AvgIpc) is 3.20. The van der Waals surface area contributed by atoms with Crippen molar-refractivity contribution in [2.24, 2.45) is 0 Å². The van der Waals surface area contributed by atoms with Crippen LogP contribution in [0.15, 0.2) is 42.5 Å². The molecule has 1 unspecified atom stereocenters. The van der Waals surface area contributed by atoms with Crippen LogP contribution in [-0.4, -0.2) is 31.7 Å². The van der Waals surface area contributed by atoms with E-state index in [4.69, 9.17) is 9.47 Å². The molecule has 2 aromatic carbocycles. The van der Waals surface area contributed by atoms with Gasteiger partial charge in [0.15, 0.2) is 0 Å². The van der Waals surface area contributed by atoms with E-state index in [1.807, 2.05) is 12.1 Å².